The van der Waals surface area contributed by atoms with E-state index in [0.29, 0.717) is 0 Å². The van der Waals surface area contributed by atoms with Gasteiger partial charge in [0.1, 0.15) is 0 Å². The van der Waals surface area contributed by atoms with Crippen LogP contribution in [0.25, 0.3) is 0 Å². The molecule has 13 heavy (non-hydrogen) atoms. The SMILES string of the molecule is CN1CCNC(c2cs[nH]c2=O)C1. The van der Waals surface area contributed by atoms with Gasteiger partial charge in [0.2, 0.25) is 0 Å². The molecule has 1 atom stereocenters. The van der Waals surface area contributed by atoms with Crippen LogP contribution in [0.5, 0.6) is 0 Å². The molecule has 2 N–H and O–H groups in total. The van der Waals surface area contributed by atoms with Crippen molar-refractivity contribution in [1.82, 2.24) is 14.6 Å². The van der Waals surface area contributed by atoms with Crippen molar-refractivity contribution in [2.75, 3.05) is 26.7 Å². The Morgan fingerprint density at radius 3 is 3.15 bits per heavy atom. The first-order valence-corrected chi connectivity index (χ1v) is 5.23. The fraction of sp³-hybridized carbons (Fsp3) is 0.625. The average molecular weight is 199 g/mol. The molecule has 0 spiro atoms. The fourth-order valence-electron chi connectivity index (χ4n) is 1.60. The summed E-state index contributed by atoms with van der Waals surface area (Å²) in [7, 11) is 2.08. The number of aromatic amines is 1. The minimum absolute atomic E-state index is 0.0535. The highest BCUT2D eigenvalue weighted by atomic mass is 32.1. The van der Waals surface area contributed by atoms with Crippen molar-refractivity contribution in [3.05, 3.63) is 21.3 Å². The molecule has 1 aliphatic rings. The van der Waals surface area contributed by atoms with Crippen molar-refractivity contribution >= 4 is 11.5 Å². The Morgan fingerprint density at radius 1 is 1.69 bits per heavy atom. The van der Waals surface area contributed by atoms with E-state index in [4.69, 9.17) is 0 Å². The smallest absolute Gasteiger partial charge is 0.262 e. The molecule has 72 valence electrons. The largest absolute Gasteiger partial charge is 0.307 e. The number of nitrogens with one attached hydrogen (secondary N) is 2. The Balaban J connectivity index is 2.17. The van der Waals surface area contributed by atoms with Crippen LogP contribution >= 0.6 is 11.5 Å². The Hall–Kier alpha value is -0.650. The molecule has 0 aromatic carbocycles. The Morgan fingerprint density at radius 2 is 2.54 bits per heavy atom. The molecule has 1 aliphatic heterocycles. The van der Waals surface area contributed by atoms with Crippen LogP contribution in [0, 0.1) is 0 Å². The average Bonchev–Trinajstić information content (AvgIpc) is 2.51. The van der Waals surface area contributed by atoms with Crippen LogP contribution in [0.4, 0.5) is 0 Å². The molecule has 1 aromatic heterocycles. The Bertz CT molecular complexity index is 332. The van der Waals surface area contributed by atoms with Gasteiger partial charge >= 0.3 is 0 Å². The number of piperazine rings is 1. The molecule has 2 rings (SSSR count). The molecule has 0 amide bonds. The van der Waals surface area contributed by atoms with Crippen LogP contribution < -0.4 is 10.9 Å². The second-order valence-corrected chi connectivity index (χ2v) is 4.07. The van der Waals surface area contributed by atoms with E-state index in [2.05, 4.69) is 21.6 Å². The van der Waals surface area contributed by atoms with Crippen molar-refractivity contribution in [3.63, 3.8) is 0 Å². The van der Waals surface area contributed by atoms with Crippen molar-refractivity contribution in [3.8, 4) is 0 Å². The van der Waals surface area contributed by atoms with Crippen molar-refractivity contribution in [2.45, 2.75) is 6.04 Å². The van der Waals surface area contributed by atoms with Gasteiger partial charge in [0.15, 0.2) is 0 Å². The zero-order chi connectivity index (χ0) is 9.26. The molecule has 5 heteroatoms. The third-order valence-corrected chi connectivity index (χ3v) is 3.03. The lowest BCUT2D eigenvalue weighted by atomic mass is 10.1. The first kappa shape index (κ1) is 8.93. The minimum atomic E-state index is 0.0535. The molecule has 1 saturated heterocycles. The predicted molar refractivity (Wildman–Crippen MR) is 53.2 cm³/mol. The van der Waals surface area contributed by atoms with Crippen molar-refractivity contribution < 1.29 is 0 Å². The zero-order valence-corrected chi connectivity index (χ0v) is 8.36. The molecule has 4 nitrogen and oxygen atoms in total. The van der Waals surface area contributed by atoms with E-state index in [0.717, 1.165) is 25.2 Å². The normalized spacial score (nSPS) is 24.8. The highest BCUT2D eigenvalue weighted by Crippen LogP contribution is 2.13. The van der Waals surface area contributed by atoms with E-state index in [-0.39, 0.29) is 11.6 Å². The number of nitrogens with zero attached hydrogens (tertiary/aromatic N) is 1. The minimum Gasteiger partial charge on any atom is -0.307 e. The van der Waals surface area contributed by atoms with Crippen LogP contribution in [-0.2, 0) is 0 Å². The monoisotopic (exact) mass is 199 g/mol. The quantitative estimate of drug-likeness (QED) is 0.670. The molecular weight excluding hydrogens is 186 g/mol. The van der Waals surface area contributed by atoms with Crippen LogP contribution in [0.3, 0.4) is 0 Å². The van der Waals surface area contributed by atoms with E-state index < -0.39 is 0 Å². The summed E-state index contributed by atoms with van der Waals surface area (Å²) in [6.45, 7) is 2.93. The third kappa shape index (κ3) is 1.82. The summed E-state index contributed by atoms with van der Waals surface area (Å²) in [6, 6.07) is 0.203. The summed E-state index contributed by atoms with van der Waals surface area (Å²) in [6.07, 6.45) is 0. The van der Waals surface area contributed by atoms with Crippen LogP contribution in [-0.4, -0.2) is 36.0 Å². The molecule has 0 bridgehead atoms. The van der Waals surface area contributed by atoms with Gasteiger partial charge in [-0.1, -0.05) is 11.5 Å². The van der Waals surface area contributed by atoms with Gasteiger partial charge in [-0.15, -0.1) is 0 Å². The van der Waals surface area contributed by atoms with Gasteiger partial charge in [-0.2, -0.15) is 0 Å². The first-order chi connectivity index (χ1) is 6.27. The maximum absolute atomic E-state index is 11.3. The summed E-state index contributed by atoms with van der Waals surface area (Å²) < 4.78 is 2.71. The lowest BCUT2D eigenvalue weighted by molar-refractivity contribution is 0.240. The number of likely N-dealkylation sites (N-methyl/N-ethyl adjacent to an activating group) is 1. The molecule has 1 unspecified atom stereocenters. The van der Waals surface area contributed by atoms with Gasteiger partial charge in [0.25, 0.3) is 5.56 Å². The van der Waals surface area contributed by atoms with Crippen molar-refractivity contribution in [2.24, 2.45) is 0 Å². The van der Waals surface area contributed by atoms with Crippen LogP contribution in [0.15, 0.2) is 10.2 Å². The molecule has 0 aliphatic carbocycles. The Labute approximate surface area is 80.7 Å². The summed E-state index contributed by atoms with van der Waals surface area (Å²) in [4.78, 5) is 13.6. The second kappa shape index (κ2) is 3.61. The lowest BCUT2D eigenvalue weighted by Gasteiger charge is -2.29. The van der Waals surface area contributed by atoms with Gasteiger partial charge < -0.3 is 10.2 Å². The summed E-state index contributed by atoms with van der Waals surface area (Å²) in [5.74, 6) is 0. The standard InChI is InChI=1S/C8H13N3OS/c1-11-3-2-9-7(4-11)6-5-13-10-8(6)12/h5,7,9H,2-4H2,1H3,(H,10,12). The summed E-state index contributed by atoms with van der Waals surface area (Å²) >= 11 is 1.37. The van der Waals surface area contributed by atoms with Crippen molar-refractivity contribution in [1.29, 1.82) is 0 Å². The van der Waals surface area contributed by atoms with E-state index in [1.165, 1.54) is 11.5 Å². The molecule has 0 saturated carbocycles. The molecule has 0 radical (unpaired) electrons. The van der Waals surface area contributed by atoms with Gasteiger partial charge in [-0.25, -0.2) is 0 Å². The van der Waals surface area contributed by atoms with Crippen LogP contribution in [0.2, 0.25) is 0 Å². The highest BCUT2D eigenvalue weighted by Gasteiger charge is 2.20. The number of hydrogen-bond acceptors (Lipinski definition) is 4. The van der Waals surface area contributed by atoms with E-state index in [9.17, 15) is 4.79 Å². The highest BCUT2D eigenvalue weighted by molar-refractivity contribution is 7.03. The number of rotatable bonds is 1. The van der Waals surface area contributed by atoms with Crippen LogP contribution in [0.1, 0.15) is 11.6 Å². The number of hydrogen-bond donors (Lipinski definition) is 2. The summed E-state index contributed by atoms with van der Waals surface area (Å²) in [5, 5.41) is 5.24. The second-order valence-electron chi connectivity index (χ2n) is 3.39. The van der Waals surface area contributed by atoms with Gasteiger partial charge in [0.05, 0.1) is 6.04 Å². The maximum atomic E-state index is 11.3. The molecular formula is C8H13N3OS. The number of H-pyrrole nitrogens is 1. The Kier molecular flexibility index (Phi) is 2.48. The van der Waals surface area contributed by atoms with Gasteiger partial charge in [0, 0.05) is 30.6 Å². The molecule has 1 aromatic rings. The lowest BCUT2D eigenvalue weighted by Crippen LogP contribution is -2.44. The van der Waals surface area contributed by atoms with Gasteiger partial charge in [-0.3, -0.25) is 9.17 Å². The van der Waals surface area contributed by atoms with E-state index in [1.54, 1.807) is 0 Å². The number of aromatic nitrogens is 1. The first-order valence-electron chi connectivity index (χ1n) is 4.35. The zero-order valence-electron chi connectivity index (χ0n) is 7.54. The fourth-order valence-corrected chi connectivity index (χ4v) is 2.29. The predicted octanol–water partition coefficient (Wildman–Crippen LogP) is 0.0125. The third-order valence-electron chi connectivity index (χ3n) is 2.35. The van der Waals surface area contributed by atoms with E-state index >= 15 is 0 Å². The topological polar surface area (TPSA) is 48.1 Å². The van der Waals surface area contributed by atoms with E-state index in [1.807, 2.05) is 5.38 Å². The maximum Gasteiger partial charge on any atom is 0.262 e. The molecule has 2 heterocycles. The summed E-state index contributed by atoms with van der Waals surface area (Å²) in [5.41, 5.74) is 0.925. The molecule has 1 fully saturated rings. The van der Waals surface area contributed by atoms with Gasteiger partial charge in [-0.05, 0) is 7.05 Å².